The summed E-state index contributed by atoms with van der Waals surface area (Å²) in [5.74, 6) is 0.374. The lowest BCUT2D eigenvalue weighted by Crippen LogP contribution is -2.23. The fourth-order valence-electron chi connectivity index (χ4n) is 2.95. The molecule has 29 heavy (non-hydrogen) atoms. The smallest absolute Gasteiger partial charge is 0.255 e. The highest BCUT2D eigenvalue weighted by Crippen LogP contribution is 2.17. The quantitative estimate of drug-likeness (QED) is 0.654. The number of carbonyl (C=O) groups is 2. The van der Waals surface area contributed by atoms with E-state index in [1.165, 1.54) is 0 Å². The second-order valence-electron chi connectivity index (χ2n) is 6.88. The topological polar surface area (TPSA) is 67.4 Å². The Morgan fingerprint density at radius 3 is 2.03 bits per heavy atom. The zero-order chi connectivity index (χ0) is 20.8. The fourth-order valence-corrected chi connectivity index (χ4v) is 2.95. The van der Waals surface area contributed by atoms with E-state index >= 15 is 0 Å². The van der Waals surface area contributed by atoms with Gasteiger partial charge in [-0.1, -0.05) is 29.8 Å². The molecule has 0 aromatic heterocycles. The monoisotopic (exact) mass is 388 g/mol. The molecule has 0 fully saturated rings. The third-order valence-corrected chi connectivity index (χ3v) is 4.65. The average molecular weight is 388 g/mol. The van der Waals surface area contributed by atoms with Gasteiger partial charge in [0.05, 0.1) is 7.11 Å². The van der Waals surface area contributed by atoms with Gasteiger partial charge in [-0.2, -0.15) is 0 Å². The Morgan fingerprint density at radius 1 is 0.828 bits per heavy atom. The molecule has 0 saturated heterocycles. The number of rotatable bonds is 6. The fraction of sp³-hybridized carbons (Fsp3) is 0.167. The van der Waals surface area contributed by atoms with E-state index in [0.29, 0.717) is 17.7 Å². The van der Waals surface area contributed by atoms with Gasteiger partial charge in [0, 0.05) is 23.4 Å². The van der Waals surface area contributed by atoms with Gasteiger partial charge in [0.25, 0.3) is 11.8 Å². The number of nitrogens with one attached hydrogen (secondary N) is 2. The molecule has 3 aromatic carbocycles. The summed E-state index contributed by atoms with van der Waals surface area (Å²) in [6.45, 7) is 4.38. The van der Waals surface area contributed by atoms with Crippen molar-refractivity contribution >= 4 is 17.5 Å². The van der Waals surface area contributed by atoms with Crippen molar-refractivity contribution in [3.8, 4) is 5.75 Å². The highest BCUT2D eigenvalue weighted by atomic mass is 16.5. The van der Waals surface area contributed by atoms with Crippen molar-refractivity contribution in [2.45, 2.75) is 20.4 Å². The first-order valence-corrected chi connectivity index (χ1v) is 9.36. The van der Waals surface area contributed by atoms with Gasteiger partial charge in [-0.25, -0.2) is 0 Å². The summed E-state index contributed by atoms with van der Waals surface area (Å²) in [4.78, 5) is 24.8. The van der Waals surface area contributed by atoms with Crippen molar-refractivity contribution in [1.82, 2.24) is 5.32 Å². The molecule has 0 aliphatic carbocycles. The summed E-state index contributed by atoms with van der Waals surface area (Å²) in [6.07, 6.45) is 0. The van der Waals surface area contributed by atoms with E-state index in [1.807, 2.05) is 56.3 Å². The van der Waals surface area contributed by atoms with Crippen LogP contribution in [-0.2, 0) is 6.54 Å². The first-order chi connectivity index (χ1) is 14.0. The Morgan fingerprint density at radius 2 is 1.45 bits per heavy atom. The average Bonchev–Trinajstić information content (AvgIpc) is 2.74. The van der Waals surface area contributed by atoms with Gasteiger partial charge in [0.1, 0.15) is 5.75 Å². The maximum atomic E-state index is 12.5. The van der Waals surface area contributed by atoms with Crippen molar-refractivity contribution in [2.75, 3.05) is 12.4 Å². The molecule has 3 aromatic rings. The predicted octanol–water partition coefficient (Wildman–Crippen LogP) is 4.49. The Labute approximate surface area is 170 Å². The minimum atomic E-state index is -0.206. The number of anilines is 1. The number of carbonyl (C=O) groups excluding carboxylic acids is 2. The molecule has 0 spiro atoms. The van der Waals surface area contributed by atoms with Gasteiger partial charge < -0.3 is 15.4 Å². The lowest BCUT2D eigenvalue weighted by Gasteiger charge is -2.10. The normalized spacial score (nSPS) is 10.3. The number of hydrogen-bond donors (Lipinski definition) is 2. The first kappa shape index (κ1) is 20.1. The van der Waals surface area contributed by atoms with Crippen molar-refractivity contribution in [1.29, 1.82) is 0 Å². The van der Waals surface area contributed by atoms with Crippen LogP contribution < -0.4 is 15.4 Å². The maximum Gasteiger partial charge on any atom is 0.255 e. The van der Waals surface area contributed by atoms with E-state index in [4.69, 9.17) is 4.74 Å². The van der Waals surface area contributed by atoms with Crippen LogP contribution in [-0.4, -0.2) is 18.9 Å². The highest BCUT2D eigenvalue weighted by Gasteiger charge is 2.10. The number of methoxy groups -OCH3 is 1. The Balaban J connectivity index is 1.59. The van der Waals surface area contributed by atoms with Crippen LogP contribution in [0.2, 0.25) is 0 Å². The van der Waals surface area contributed by atoms with E-state index in [9.17, 15) is 9.59 Å². The van der Waals surface area contributed by atoms with Crippen LogP contribution in [0.15, 0.2) is 66.7 Å². The molecule has 0 radical (unpaired) electrons. The van der Waals surface area contributed by atoms with Crippen molar-refractivity contribution in [2.24, 2.45) is 0 Å². The van der Waals surface area contributed by atoms with Gasteiger partial charge in [-0.05, 0) is 67.4 Å². The Kier molecular flexibility index (Phi) is 6.29. The molecule has 5 nitrogen and oxygen atoms in total. The van der Waals surface area contributed by atoms with Crippen molar-refractivity contribution in [3.63, 3.8) is 0 Å². The molecule has 0 aliphatic heterocycles. The van der Waals surface area contributed by atoms with Crippen LogP contribution in [0.25, 0.3) is 0 Å². The second kappa shape index (κ2) is 9.06. The molecule has 0 atom stereocenters. The number of ether oxygens (including phenoxy) is 1. The van der Waals surface area contributed by atoms with E-state index in [2.05, 4.69) is 10.6 Å². The van der Waals surface area contributed by atoms with Crippen LogP contribution in [0.3, 0.4) is 0 Å². The summed E-state index contributed by atoms with van der Waals surface area (Å²) < 4.78 is 5.12. The molecule has 148 valence electrons. The van der Waals surface area contributed by atoms with Crippen LogP contribution in [0.4, 0.5) is 5.69 Å². The van der Waals surface area contributed by atoms with Gasteiger partial charge >= 0.3 is 0 Å². The zero-order valence-corrected chi connectivity index (χ0v) is 16.8. The SMILES string of the molecule is COc1ccc(CNC(=O)c2ccc(C(=O)Nc3ccc(C)cc3C)cc2)cc1. The van der Waals surface area contributed by atoms with Crippen LogP contribution >= 0.6 is 0 Å². The van der Waals surface area contributed by atoms with Crippen molar-refractivity contribution < 1.29 is 14.3 Å². The molecular weight excluding hydrogens is 364 g/mol. The van der Waals surface area contributed by atoms with E-state index in [0.717, 1.165) is 28.1 Å². The highest BCUT2D eigenvalue weighted by molar-refractivity contribution is 6.05. The molecule has 2 N–H and O–H groups in total. The number of aryl methyl sites for hydroxylation is 2. The van der Waals surface area contributed by atoms with Crippen LogP contribution in [0, 0.1) is 13.8 Å². The Bertz CT molecular complexity index is 1010. The number of amides is 2. The Hall–Kier alpha value is -3.60. The third-order valence-electron chi connectivity index (χ3n) is 4.65. The standard InChI is InChI=1S/C24H24N2O3/c1-16-4-13-22(17(2)14-16)26-24(28)20-9-7-19(8-10-20)23(27)25-15-18-5-11-21(29-3)12-6-18/h4-14H,15H2,1-3H3,(H,25,27)(H,26,28). The first-order valence-electron chi connectivity index (χ1n) is 9.36. The lowest BCUT2D eigenvalue weighted by molar-refractivity contribution is 0.0949. The predicted molar refractivity (Wildman–Crippen MR) is 114 cm³/mol. The molecule has 0 saturated carbocycles. The molecule has 0 heterocycles. The van der Waals surface area contributed by atoms with Gasteiger partial charge in [-0.15, -0.1) is 0 Å². The molecule has 0 bridgehead atoms. The summed E-state index contributed by atoms with van der Waals surface area (Å²) in [6, 6.07) is 20.0. The summed E-state index contributed by atoms with van der Waals surface area (Å²) >= 11 is 0. The van der Waals surface area contributed by atoms with Crippen molar-refractivity contribution in [3.05, 3.63) is 94.5 Å². The number of benzene rings is 3. The molecule has 5 heteroatoms. The molecule has 0 unspecified atom stereocenters. The van der Waals surface area contributed by atoms with Crippen LogP contribution in [0.1, 0.15) is 37.4 Å². The lowest BCUT2D eigenvalue weighted by atomic mass is 10.1. The van der Waals surface area contributed by atoms with E-state index in [-0.39, 0.29) is 11.8 Å². The second-order valence-corrected chi connectivity index (χ2v) is 6.88. The van der Waals surface area contributed by atoms with Crippen LogP contribution in [0.5, 0.6) is 5.75 Å². The van der Waals surface area contributed by atoms with Gasteiger partial charge in [-0.3, -0.25) is 9.59 Å². The van der Waals surface area contributed by atoms with Gasteiger partial charge in [0.2, 0.25) is 0 Å². The molecule has 2 amide bonds. The molecule has 0 aliphatic rings. The zero-order valence-electron chi connectivity index (χ0n) is 16.8. The van der Waals surface area contributed by atoms with E-state index in [1.54, 1.807) is 31.4 Å². The maximum absolute atomic E-state index is 12.5. The third kappa shape index (κ3) is 5.23. The van der Waals surface area contributed by atoms with E-state index < -0.39 is 0 Å². The summed E-state index contributed by atoms with van der Waals surface area (Å²) in [7, 11) is 1.61. The number of hydrogen-bond acceptors (Lipinski definition) is 3. The largest absolute Gasteiger partial charge is 0.497 e. The minimum Gasteiger partial charge on any atom is -0.497 e. The summed E-state index contributed by atoms with van der Waals surface area (Å²) in [5.41, 5.74) is 4.90. The molecular formula is C24H24N2O3. The minimum absolute atomic E-state index is 0.192. The molecule has 3 rings (SSSR count). The van der Waals surface area contributed by atoms with Gasteiger partial charge in [0.15, 0.2) is 0 Å². The summed E-state index contributed by atoms with van der Waals surface area (Å²) in [5, 5.41) is 5.78.